The summed E-state index contributed by atoms with van der Waals surface area (Å²) in [6.07, 6.45) is 2.77. The summed E-state index contributed by atoms with van der Waals surface area (Å²) in [7, 11) is 0. The minimum absolute atomic E-state index is 0.0289. The Balaban J connectivity index is 1.46. The maximum Gasteiger partial charge on any atom is 0.224 e. The number of hydrogen-bond acceptors (Lipinski definition) is 3. The molecule has 2 aromatic carbocycles. The van der Waals surface area contributed by atoms with E-state index in [4.69, 9.17) is 4.74 Å². The number of carbonyl (C=O) groups is 1. The molecule has 0 spiro atoms. The summed E-state index contributed by atoms with van der Waals surface area (Å²) in [5.74, 6) is 0.797. The molecule has 0 aliphatic rings. The molecule has 3 aromatic rings. The Hall–Kier alpha value is -2.88. The molecule has 116 valence electrons. The lowest BCUT2D eigenvalue weighted by Crippen LogP contribution is -2.13. The highest BCUT2D eigenvalue weighted by Gasteiger charge is 2.04. The average molecular weight is 306 g/mol. The highest BCUT2D eigenvalue weighted by Crippen LogP contribution is 2.16. The van der Waals surface area contributed by atoms with Gasteiger partial charge in [0.05, 0.1) is 24.0 Å². The van der Waals surface area contributed by atoms with Gasteiger partial charge in [0.2, 0.25) is 5.91 Å². The lowest BCUT2D eigenvalue weighted by atomic mass is 10.2. The fraction of sp³-hybridized carbons (Fsp3) is 0.158. The Labute approximate surface area is 135 Å². The first kappa shape index (κ1) is 15.0. The molecule has 0 aliphatic carbocycles. The zero-order chi connectivity index (χ0) is 15.9. The van der Waals surface area contributed by atoms with Gasteiger partial charge in [0.15, 0.2) is 0 Å². The molecule has 0 atom stereocenters. The van der Waals surface area contributed by atoms with Crippen LogP contribution in [0.15, 0.2) is 66.9 Å². The second-order valence-corrected chi connectivity index (χ2v) is 5.23. The molecule has 1 N–H and O–H groups in total. The van der Waals surface area contributed by atoms with Gasteiger partial charge in [0.1, 0.15) is 5.75 Å². The Morgan fingerprint density at radius 3 is 2.70 bits per heavy atom. The highest BCUT2D eigenvalue weighted by atomic mass is 16.5. The second-order valence-electron chi connectivity index (χ2n) is 5.23. The lowest BCUT2D eigenvalue weighted by Gasteiger charge is -2.07. The summed E-state index contributed by atoms with van der Waals surface area (Å²) >= 11 is 0. The van der Waals surface area contributed by atoms with Crippen molar-refractivity contribution in [3.8, 4) is 5.75 Å². The van der Waals surface area contributed by atoms with Crippen molar-refractivity contribution in [2.45, 2.75) is 12.8 Å². The molecule has 0 saturated carbocycles. The monoisotopic (exact) mass is 306 g/mol. The normalized spacial score (nSPS) is 10.4. The molecular formula is C19H18N2O2. The van der Waals surface area contributed by atoms with Crippen LogP contribution in [0.1, 0.15) is 12.8 Å². The first-order valence-electron chi connectivity index (χ1n) is 7.64. The second kappa shape index (κ2) is 7.40. The van der Waals surface area contributed by atoms with Crippen LogP contribution in [-0.4, -0.2) is 17.5 Å². The number of fused-ring (bicyclic) bond motifs is 1. The number of ether oxygens (including phenoxy) is 1. The minimum Gasteiger partial charge on any atom is -0.494 e. The molecule has 0 saturated heterocycles. The lowest BCUT2D eigenvalue weighted by molar-refractivity contribution is -0.116. The van der Waals surface area contributed by atoms with E-state index in [1.54, 1.807) is 6.20 Å². The van der Waals surface area contributed by atoms with Crippen molar-refractivity contribution >= 4 is 22.5 Å². The van der Waals surface area contributed by atoms with Gasteiger partial charge in [-0.3, -0.25) is 9.78 Å². The van der Waals surface area contributed by atoms with Crippen LogP contribution >= 0.6 is 0 Å². The highest BCUT2D eigenvalue weighted by molar-refractivity contribution is 5.93. The maximum atomic E-state index is 12.0. The van der Waals surface area contributed by atoms with E-state index in [0.29, 0.717) is 19.4 Å². The zero-order valence-electron chi connectivity index (χ0n) is 12.7. The van der Waals surface area contributed by atoms with E-state index in [1.165, 1.54) is 0 Å². The van der Waals surface area contributed by atoms with Crippen molar-refractivity contribution in [1.29, 1.82) is 0 Å². The van der Waals surface area contributed by atoms with Gasteiger partial charge in [-0.1, -0.05) is 36.4 Å². The van der Waals surface area contributed by atoms with Crippen LogP contribution in [0, 0.1) is 0 Å². The molecule has 4 nitrogen and oxygen atoms in total. The van der Waals surface area contributed by atoms with E-state index in [0.717, 1.165) is 22.3 Å². The molecule has 0 unspecified atom stereocenters. The maximum absolute atomic E-state index is 12.0. The number of nitrogens with one attached hydrogen (secondary N) is 1. The number of para-hydroxylation sites is 2. The van der Waals surface area contributed by atoms with Gasteiger partial charge in [-0.15, -0.1) is 0 Å². The molecule has 23 heavy (non-hydrogen) atoms. The Morgan fingerprint density at radius 1 is 1.04 bits per heavy atom. The molecule has 1 aromatic heterocycles. The van der Waals surface area contributed by atoms with Crippen molar-refractivity contribution in [1.82, 2.24) is 4.98 Å². The standard InChI is InChI=1S/C19H18N2O2/c22-19(11-6-12-23-17-8-2-1-3-9-17)21-16-13-15-7-4-5-10-18(15)20-14-16/h1-5,7-10,13-14H,6,11-12H2,(H,21,22). The van der Waals surface area contributed by atoms with Crippen LogP contribution in [0.3, 0.4) is 0 Å². The quantitative estimate of drug-likeness (QED) is 0.699. The number of benzene rings is 2. The van der Waals surface area contributed by atoms with Crippen LogP contribution in [0.5, 0.6) is 5.75 Å². The number of carbonyl (C=O) groups excluding carboxylic acids is 1. The van der Waals surface area contributed by atoms with Gasteiger partial charge in [0.25, 0.3) is 0 Å². The average Bonchev–Trinajstić information content (AvgIpc) is 2.59. The van der Waals surface area contributed by atoms with Crippen LogP contribution in [0.4, 0.5) is 5.69 Å². The summed E-state index contributed by atoms with van der Waals surface area (Å²) in [4.78, 5) is 16.3. The molecule has 0 bridgehead atoms. The van der Waals surface area contributed by atoms with Crippen LogP contribution in [0.2, 0.25) is 0 Å². The van der Waals surface area contributed by atoms with Gasteiger partial charge in [0, 0.05) is 11.8 Å². The van der Waals surface area contributed by atoms with Crippen molar-refractivity contribution in [2.75, 3.05) is 11.9 Å². The van der Waals surface area contributed by atoms with E-state index in [9.17, 15) is 4.79 Å². The van der Waals surface area contributed by atoms with Crippen LogP contribution in [-0.2, 0) is 4.79 Å². The first-order chi connectivity index (χ1) is 11.3. The number of nitrogens with zero attached hydrogens (tertiary/aromatic N) is 1. The smallest absolute Gasteiger partial charge is 0.224 e. The van der Waals surface area contributed by atoms with Crippen LogP contribution < -0.4 is 10.1 Å². The topological polar surface area (TPSA) is 51.2 Å². The van der Waals surface area contributed by atoms with Crippen molar-refractivity contribution in [2.24, 2.45) is 0 Å². The number of aromatic nitrogens is 1. The zero-order valence-corrected chi connectivity index (χ0v) is 12.7. The van der Waals surface area contributed by atoms with E-state index in [-0.39, 0.29) is 5.91 Å². The number of amides is 1. The molecule has 0 radical (unpaired) electrons. The summed E-state index contributed by atoms with van der Waals surface area (Å²) in [6, 6.07) is 19.4. The predicted octanol–water partition coefficient (Wildman–Crippen LogP) is 4.03. The third kappa shape index (κ3) is 4.30. The molecule has 0 aliphatic heterocycles. The molecule has 1 heterocycles. The van der Waals surface area contributed by atoms with Gasteiger partial charge in [-0.25, -0.2) is 0 Å². The number of pyridine rings is 1. The molecule has 1 amide bonds. The third-order valence-electron chi connectivity index (χ3n) is 3.43. The number of hydrogen-bond donors (Lipinski definition) is 1. The molecule has 0 fully saturated rings. The largest absolute Gasteiger partial charge is 0.494 e. The van der Waals surface area contributed by atoms with Gasteiger partial charge >= 0.3 is 0 Å². The fourth-order valence-electron chi connectivity index (χ4n) is 2.30. The predicted molar refractivity (Wildman–Crippen MR) is 91.5 cm³/mol. The van der Waals surface area contributed by atoms with Gasteiger partial charge < -0.3 is 10.1 Å². The van der Waals surface area contributed by atoms with Crippen molar-refractivity contribution < 1.29 is 9.53 Å². The molecule has 3 rings (SSSR count). The van der Waals surface area contributed by atoms with E-state index in [1.807, 2.05) is 60.7 Å². The Morgan fingerprint density at radius 2 is 1.83 bits per heavy atom. The first-order valence-corrected chi connectivity index (χ1v) is 7.64. The SMILES string of the molecule is O=C(CCCOc1ccccc1)Nc1cnc2ccccc2c1. The van der Waals surface area contributed by atoms with Crippen LogP contribution in [0.25, 0.3) is 10.9 Å². The summed E-state index contributed by atoms with van der Waals surface area (Å²) < 4.78 is 5.57. The van der Waals surface area contributed by atoms with Gasteiger partial charge in [-0.05, 0) is 30.7 Å². The van der Waals surface area contributed by atoms with Crippen molar-refractivity contribution in [3.63, 3.8) is 0 Å². The molecule has 4 heteroatoms. The van der Waals surface area contributed by atoms with Gasteiger partial charge in [-0.2, -0.15) is 0 Å². The van der Waals surface area contributed by atoms with E-state index < -0.39 is 0 Å². The van der Waals surface area contributed by atoms with E-state index >= 15 is 0 Å². The molecular weight excluding hydrogens is 288 g/mol. The summed E-state index contributed by atoms with van der Waals surface area (Å²) in [6.45, 7) is 0.521. The number of rotatable bonds is 6. The number of anilines is 1. The fourth-order valence-corrected chi connectivity index (χ4v) is 2.30. The van der Waals surface area contributed by atoms with E-state index in [2.05, 4.69) is 10.3 Å². The third-order valence-corrected chi connectivity index (χ3v) is 3.43. The summed E-state index contributed by atoms with van der Waals surface area (Å²) in [5.41, 5.74) is 1.64. The summed E-state index contributed by atoms with van der Waals surface area (Å²) in [5, 5.41) is 3.89. The minimum atomic E-state index is -0.0289. The Bertz CT molecular complexity index is 787. The Kier molecular flexibility index (Phi) is 4.84. The van der Waals surface area contributed by atoms with Crippen molar-refractivity contribution in [3.05, 3.63) is 66.9 Å².